The molecule has 0 saturated carbocycles. The number of hydrogen-bond donors (Lipinski definition) is 1. The number of nitrogens with zero attached hydrogens (tertiary/aromatic N) is 1. The maximum atomic E-state index is 5.84. The summed E-state index contributed by atoms with van der Waals surface area (Å²) in [5.41, 5.74) is 7.22. The van der Waals surface area contributed by atoms with Crippen molar-refractivity contribution in [1.82, 2.24) is 4.90 Å². The van der Waals surface area contributed by atoms with Gasteiger partial charge in [0.15, 0.2) is 0 Å². The SMILES string of the molecule is Cl.N[C@H]1CCN(Cc2ccccc2)C1. The zero-order valence-electron chi connectivity index (χ0n) is 8.23. The fraction of sp³-hybridized carbons (Fsp3) is 0.455. The highest BCUT2D eigenvalue weighted by Crippen LogP contribution is 2.11. The first-order chi connectivity index (χ1) is 6.34. The van der Waals surface area contributed by atoms with E-state index in [0.717, 1.165) is 26.1 Å². The second kappa shape index (κ2) is 5.35. The standard InChI is InChI=1S/C11H16N2.ClH/c12-11-6-7-13(9-11)8-10-4-2-1-3-5-10;/h1-5,11H,6-9,12H2;1H/t11-;/m0./s1. The monoisotopic (exact) mass is 212 g/mol. The van der Waals surface area contributed by atoms with Gasteiger partial charge >= 0.3 is 0 Å². The van der Waals surface area contributed by atoms with Crippen LogP contribution in [-0.4, -0.2) is 24.0 Å². The first-order valence-electron chi connectivity index (χ1n) is 4.86. The van der Waals surface area contributed by atoms with E-state index in [0.29, 0.717) is 6.04 Å². The van der Waals surface area contributed by atoms with Crippen molar-refractivity contribution in [2.24, 2.45) is 5.73 Å². The van der Waals surface area contributed by atoms with Gasteiger partial charge in [-0.1, -0.05) is 30.3 Å². The molecule has 2 nitrogen and oxygen atoms in total. The number of likely N-dealkylation sites (tertiary alicyclic amines) is 1. The lowest BCUT2D eigenvalue weighted by molar-refractivity contribution is 0.327. The molecule has 2 rings (SSSR count). The molecule has 1 aliphatic rings. The fourth-order valence-electron chi connectivity index (χ4n) is 1.85. The van der Waals surface area contributed by atoms with Crippen LogP contribution in [0.25, 0.3) is 0 Å². The predicted octanol–water partition coefficient (Wildman–Crippen LogP) is 1.64. The Kier molecular flexibility index (Phi) is 4.39. The van der Waals surface area contributed by atoms with Gasteiger partial charge in [0, 0.05) is 25.7 Å². The summed E-state index contributed by atoms with van der Waals surface area (Å²) in [5.74, 6) is 0. The highest BCUT2D eigenvalue weighted by Gasteiger charge is 2.18. The van der Waals surface area contributed by atoms with Crippen LogP contribution < -0.4 is 5.73 Å². The van der Waals surface area contributed by atoms with Crippen molar-refractivity contribution in [2.45, 2.75) is 19.0 Å². The van der Waals surface area contributed by atoms with Crippen molar-refractivity contribution in [3.63, 3.8) is 0 Å². The first-order valence-corrected chi connectivity index (χ1v) is 4.86. The Labute approximate surface area is 91.5 Å². The van der Waals surface area contributed by atoms with Crippen molar-refractivity contribution < 1.29 is 0 Å². The van der Waals surface area contributed by atoms with Crippen molar-refractivity contribution in [3.05, 3.63) is 35.9 Å². The molecule has 1 aromatic carbocycles. The van der Waals surface area contributed by atoms with E-state index < -0.39 is 0 Å². The van der Waals surface area contributed by atoms with Crippen molar-refractivity contribution in [2.75, 3.05) is 13.1 Å². The van der Waals surface area contributed by atoms with Gasteiger partial charge in [0.2, 0.25) is 0 Å². The van der Waals surface area contributed by atoms with Gasteiger partial charge in [0.05, 0.1) is 0 Å². The minimum Gasteiger partial charge on any atom is -0.326 e. The van der Waals surface area contributed by atoms with E-state index in [-0.39, 0.29) is 12.4 Å². The molecule has 3 heteroatoms. The van der Waals surface area contributed by atoms with E-state index in [9.17, 15) is 0 Å². The third-order valence-electron chi connectivity index (χ3n) is 2.56. The maximum absolute atomic E-state index is 5.84. The second-order valence-corrected chi connectivity index (χ2v) is 3.77. The maximum Gasteiger partial charge on any atom is 0.0234 e. The van der Waals surface area contributed by atoms with Gasteiger partial charge in [0.25, 0.3) is 0 Å². The average Bonchev–Trinajstić information content (AvgIpc) is 2.53. The summed E-state index contributed by atoms with van der Waals surface area (Å²) in [5, 5.41) is 0. The highest BCUT2D eigenvalue weighted by molar-refractivity contribution is 5.85. The quantitative estimate of drug-likeness (QED) is 0.808. The van der Waals surface area contributed by atoms with Crippen LogP contribution in [0.1, 0.15) is 12.0 Å². The number of hydrogen-bond acceptors (Lipinski definition) is 2. The van der Waals surface area contributed by atoms with Gasteiger partial charge in [-0.15, -0.1) is 12.4 Å². The van der Waals surface area contributed by atoms with Gasteiger partial charge in [-0.3, -0.25) is 4.90 Å². The summed E-state index contributed by atoms with van der Waals surface area (Å²) in [7, 11) is 0. The van der Waals surface area contributed by atoms with Gasteiger partial charge in [-0.25, -0.2) is 0 Å². The molecule has 0 amide bonds. The topological polar surface area (TPSA) is 29.3 Å². The van der Waals surface area contributed by atoms with Crippen LogP contribution in [0.15, 0.2) is 30.3 Å². The van der Waals surface area contributed by atoms with E-state index in [4.69, 9.17) is 5.73 Å². The summed E-state index contributed by atoms with van der Waals surface area (Å²) in [4.78, 5) is 2.42. The van der Waals surface area contributed by atoms with Crippen LogP contribution in [-0.2, 0) is 6.54 Å². The molecule has 1 heterocycles. The van der Waals surface area contributed by atoms with Crippen LogP contribution in [0.2, 0.25) is 0 Å². The Morgan fingerprint density at radius 3 is 2.57 bits per heavy atom. The second-order valence-electron chi connectivity index (χ2n) is 3.77. The largest absolute Gasteiger partial charge is 0.326 e. The lowest BCUT2D eigenvalue weighted by atomic mass is 10.2. The number of nitrogens with two attached hydrogens (primary N) is 1. The fourth-order valence-corrected chi connectivity index (χ4v) is 1.85. The molecular weight excluding hydrogens is 196 g/mol. The Morgan fingerprint density at radius 2 is 2.00 bits per heavy atom. The first kappa shape index (κ1) is 11.5. The molecule has 0 unspecified atom stereocenters. The Morgan fingerprint density at radius 1 is 1.29 bits per heavy atom. The van der Waals surface area contributed by atoms with E-state index in [1.165, 1.54) is 5.56 Å². The van der Waals surface area contributed by atoms with Crippen LogP contribution in [0.3, 0.4) is 0 Å². The highest BCUT2D eigenvalue weighted by atomic mass is 35.5. The van der Waals surface area contributed by atoms with E-state index in [1.807, 2.05) is 0 Å². The number of halogens is 1. The van der Waals surface area contributed by atoms with Crippen LogP contribution in [0, 0.1) is 0 Å². The average molecular weight is 213 g/mol. The van der Waals surface area contributed by atoms with Crippen molar-refractivity contribution >= 4 is 12.4 Å². The molecular formula is C11H17ClN2. The molecule has 0 radical (unpaired) electrons. The third kappa shape index (κ3) is 2.98. The minimum atomic E-state index is 0. The number of rotatable bonds is 2. The van der Waals surface area contributed by atoms with Gasteiger partial charge in [-0.05, 0) is 12.0 Å². The van der Waals surface area contributed by atoms with Gasteiger partial charge in [-0.2, -0.15) is 0 Å². The summed E-state index contributed by atoms with van der Waals surface area (Å²) in [6.07, 6.45) is 1.15. The van der Waals surface area contributed by atoms with E-state index in [2.05, 4.69) is 35.2 Å². The zero-order chi connectivity index (χ0) is 9.10. The van der Waals surface area contributed by atoms with Gasteiger partial charge in [0.1, 0.15) is 0 Å². The molecule has 2 N–H and O–H groups in total. The lowest BCUT2D eigenvalue weighted by Crippen LogP contribution is -2.26. The van der Waals surface area contributed by atoms with Crippen LogP contribution in [0.5, 0.6) is 0 Å². The molecule has 0 aromatic heterocycles. The molecule has 1 atom stereocenters. The lowest BCUT2D eigenvalue weighted by Gasteiger charge is -2.14. The smallest absolute Gasteiger partial charge is 0.0234 e. The normalized spacial score (nSPS) is 21.9. The Bertz CT molecular complexity index is 263. The van der Waals surface area contributed by atoms with E-state index >= 15 is 0 Å². The molecule has 1 aromatic rings. The summed E-state index contributed by atoms with van der Waals surface area (Å²) in [6.45, 7) is 3.25. The molecule has 0 spiro atoms. The molecule has 14 heavy (non-hydrogen) atoms. The Hall–Kier alpha value is -0.570. The summed E-state index contributed by atoms with van der Waals surface area (Å²) < 4.78 is 0. The Balaban J connectivity index is 0.000000980. The van der Waals surface area contributed by atoms with Crippen molar-refractivity contribution in [1.29, 1.82) is 0 Å². The van der Waals surface area contributed by atoms with Crippen LogP contribution >= 0.6 is 12.4 Å². The summed E-state index contributed by atoms with van der Waals surface area (Å²) in [6, 6.07) is 11.0. The number of benzene rings is 1. The van der Waals surface area contributed by atoms with Crippen molar-refractivity contribution in [3.8, 4) is 0 Å². The van der Waals surface area contributed by atoms with Crippen LogP contribution in [0.4, 0.5) is 0 Å². The molecule has 1 fully saturated rings. The van der Waals surface area contributed by atoms with E-state index in [1.54, 1.807) is 0 Å². The molecule has 78 valence electrons. The molecule has 1 saturated heterocycles. The predicted molar refractivity (Wildman–Crippen MR) is 61.6 cm³/mol. The summed E-state index contributed by atoms with van der Waals surface area (Å²) >= 11 is 0. The molecule has 0 aliphatic carbocycles. The third-order valence-corrected chi connectivity index (χ3v) is 2.56. The molecule has 0 bridgehead atoms. The minimum absolute atomic E-state index is 0. The zero-order valence-corrected chi connectivity index (χ0v) is 9.04. The van der Waals surface area contributed by atoms with Gasteiger partial charge < -0.3 is 5.73 Å². The molecule has 1 aliphatic heterocycles.